The van der Waals surface area contributed by atoms with Crippen LogP contribution in [0.15, 0.2) is 22.7 Å². The second kappa shape index (κ2) is 5.00. The van der Waals surface area contributed by atoms with Crippen molar-refractivity contribution in [2.45, 2.75) is 13.0 Å². The highest BCUT2D eigenvalue weighted by molar-refractivity contribution is 9.10. The van der Waals surface area contributed by atoms with E-state index in [1.165, 1.54) is 19.1 Å². The summed E-state index contributed by atoms with van der Waals surface area (Å²) in [7, 11) is 0. The maximum Gasteiger partial charge on any atom is 0.258 e. The second-order valence-electron chi connectivity index (χ2n) is 4.18. The van der Waals surface area contributed by atoms with E-state index in [1.807, 2.05) is 0 Å². The predicted molar refractivity (Wildman–Crippen MR) is 69.5 cm³/mol. The number of nitrogens with zero attached hydrogens (tertiary/aromatic N) is 1. The highest BCUT2D eigenvalue weighted by Gasteiger charge is 2.34. The van der Waals surface area contributed by atoms with Crippen molar-refractivity contribution in [3.8, 4) is 5.75 Å². The van der Waals surface area contributed by atoms with Gasteiger partial charge in [0.25, 0.3) is 5.91 Å². The molecule has 2 N–H and O–H groups in total. The Labute approximate surface area is 117 Å². The number of carbonyl (C=O) groups is 3. The van der Waals surface area contributed by atoms with Crippen LogP contribution < -0.4 is 5.32 Å². The van der Waals surface area contributed by atoms with E-state index in [0.717, 1.165) is 4.90 Å². The first kappa shape index (κ1) is 13.5. The number of aromatic hydroxyl groups is 1. The quantitative estimate of drug-likeness (QED) is 0.741. The number of hydrogen-bond donors (Lipinski definition) is 2. The smallest absolute Gasteiger partial charge is 0.258 e. The van der Waals surface area contributed by atoms with Gasteiger partial charge in [0.05, 0.1) is 5.56 Å². The van der Waals surface area contributed by atoms with Crippen LogP contribution in [0.1, 0.15) is 17.3 Å². The van der Waals surface area contributed by atoms with E-state index in [9.17, 15) is 19.5 Å². The fraction of sp³-hybridized carbons (Fsp3) is 0.250. The molecule has 0 spiro atoms. The van der Waals surface area contributed by atoms with Crippen molar-refractivity contribution in [3.63, 3.8) is 0 Å². The minimum absolute atomic E-state index is 0.0451. The standard InChI is InChI=1S/C12H11BrN2O4/c1-6-11(18)14-10(17)5-15(6)12(19)8-4-7(13)2-3-9(8)16/h2-4,6,16H,5H2,1H3,(H,14,17,18). The normalized spacial score (nSPS) is 19.3. The van der Waals surface area contributed by atoms with E-state index >= 15 is 0 Å². The van der Waals surface area contributed by atoms with Gasteiger partial charge in [-0.15, -0.1) is 0 Å². The Hall–Kier alpha value is -1.89. The summed E-state index contributed by atoms with van der Waals surface area (Å²) < 4.78 is 0.620. The van der Waals surface area contributed by atoms with Crippen molar-refractivity contribution < 1.29 is 19.5 Å². The molecule has 1 aliphatic heterocycles. The van der Waals surface area contributed by atoms with Crippen molar-refractivity contribution in [2.75, 3.05) is 6.54 Å². The largest absolute Gasteiger partial charge is 0.507 e. The van der Waals surface area contributed by atoms with Gasteiger partial charge in [0.2, 0.25) is 11.8 Å². The third-order valence-electron chi connectivity index (χ3n) is 2.87. The Morgan fingerprint density at radius 3 is 2.84 bits per heavy atom. The number of carbonyl (C=O) groups excluding carboxylic acids is 3. The summed E-state index contributed by atoms with van der Waals surface area (Å²) in [4.78, 5) is 36.2. The second-order valence-corrected chi connectivity index (χ2v) is 5.10. The third kappa shape index (κ3) is 2.60. The van der Waals surface area contributed by atoms with Crippen LogP contribution in [0.3, 0.4) is 0 Å². The molecule has 0 saturated carbocycles. The zero-order valence-corrected chi connectivity index (χ0v) is 11.6. The first-order valence-corrected chi connectivity index (χ1v) is 6.32. The van der Waals surface area contributed by atoms with E-state index in [0.29, 0.717) is 4.47 Å². The van der Waals surface area contributed by atoms with Gasteiger partial charge in [-0.05, 0) is 25.1 Å². The molecule has 1 unspecified atom stereocenters. The molecule has 1 saturated heterocycles. The highest BCUT2D eigenvalue weighted by atomic mass is 79.9. The lowest BCUT2D eigenvalue weighted by molar-refractivity contribution is -0.138. The van der Waals surface area contributed by atoms with Gasteiger partial charge in [0.15, 0.2) is 0 Å². The summed E-state index contributed by atoms with van der Waals surface area (Å²) in [6, 6.07) is 3.64. The van der Waals surface area contributed by atoms with Crippen LogP contribution in [0.25, 0.3) is 0 Å². The Kier molecular flexibility index (Phi) is 3.57. The van der Waals surface area contributed by atoms with Crippen molar-refractivity contribution in [1.29, 1.82) is 0 Å². The van der Waals surface area contributed by atoms with E-state index in [-0.39, 0.29) is 17.9 Å². The summed E-state index contributed by atoms with van der Waals surface area (Å²) in [5.74, 6) is -1.82. The molecular weight excluding hydrogens is 316 g/mol. The number of hydrogen-bond acceptors (Lipinski definition) is 4. The number of piperazine rings is 1. The minimum atomic E-state index is -0.761. The van der Waals surface area contributed by atoms with Gasteiger partial charge in [-0.25, -0.2) is 0 Å². The average molecular weight is 327 g/mol. The predicted octanol–water partition coefficient (Wildman–Crippen LogP) is 0.642. The van der Waals surface area contributed by atoms with Crippen molar-refractivity contribution in [2.24, 2.45) is 0 Å². The molecule has 0 radical (unpaired) electrons. The van der Waals surface area contributed by atoms with Crippen LogP contribution in [-0.2, 0) is 9.59 Å². The van der Waals surface area contributed by atoms with Crippen molar-refractivity contribution >= 4 is 33.7 Å². The number of rotatable bonds is 1. The molecular formula is C12H11BrN2O4. The third-order valence-corrected chi connectivity index (χ3v) is 3.37. The van der Waals surface area contributed by atoms with Crippen LogP contribution >= 0.6 is 15.9 Å². The number of imide groups is 1. The number of phenolic OH excluding ortho intramolecular Hbond substituents is 1. The molecule has 3 amide bonds. The summed E-state index contributed by atoms with van der Waals surface area (Å²) in [6.45, 7) is 1.31. The fourth-order valence-electron chi connectivity index (χ4n) is 1.80. The molecule has 19 heavy (non-hydrogen) atoms. The summed E-state index contributed by atoms with van der Waals surface area (Å²) in [5.41, 5.74) is 0.0451. The maximum atomic E-state index is 12.3. The van der Waals surface area contributed by atoms with Gasteiger partial charge in [0.1, 0.15) is 18.3 Å². The first-order chi connectivity index (χ1) is 8.90. The molecule has 2 rings (SSSR count). The molecule has 1 aromatic carbocycles. The molecule has 6 nitrogen and oxygen atoms in total. The summed E-state index contributed by atoms with van der Waals surface area (Å²) in [6.07, 6.45) is 0. The Bertz CT molecular complexity index is 573. The lowest BCUT2D eigenvalue weighted by Gasteiger charge is -2.31. The van der Waals surface area contributed by atoms with Crippen molar-refractivity contribution in [3.05, 3.63) is 28.2 Å². The van der Waals surface area contributed by atoms with Gasteiger partial charge in [0, 0.05) is 4.47 Å². The zero-order valence-electron chi connectivity index (χ0n) is 10.0. The molecule has 0 aliphatic carbocycles. The van der Waals surface area contributed by atoms with Crippen LogP contribution in [0.5, 0.6) is 5.75 Å². The van der Waals surface area contributed by atoms with Crippen LogP contribution in [-0.4, -0.2) is 40.3 Å². The Morgan fingerprint density at radius 2 is 2.16 bits per heavy atom. The average Bonchev–Trinajstić information content (AvgIpc) is 2.36. The number of benzene rings is 1. The molecule has 0 aromatic heterocycles. The van der Waals surface area contributed by atoms with Gasteiger partial charge in [-0.3, -0.25) is 19.7 Å². The maximum absolute atomic E-state index is 12.3. The van der Waals surface area contributed by atoms with E-state index in [1.54, 1.807) is 6.07 Å². The van der Waals surface area contributed by atoms with Gasteiger partial charge in [-0.1, -0.05) is 15.9 Å². The monoisotopic (exact) mass is 326 g/mol. The van der Waals surface area contributed by atoms with Gasteiger partial charge in [-0.2, -0.15) is 0 Å². The van der Waals surface area contributed by atoms with Crippen LogP contribution in [0.2, 0.25) is 0 Å². The topological polar surface area (TPSA) is 86.7 Å². The number of nitrogens with one attached hydrogen (secondary N) is 1. The van der Waals surface area contributed by atoms with Crippen LogP contribution in [0.4, 0.5) is 0 Å². The SMILES string of the molecule is CC1C(=O)NC(=O)CN1C(=O)c1cc(Br)ccc1O. The molecule has 7 heteroatoms. The molecule has 1 heterocycles. The fourth-order valence-corrected chi connectivity index (χ4v) is 2.16. The summed E-state index contributed by atoms with van der Waals surface area (Å²) in [5, 5.41) is 11.8. The number of amides is 3. The van der Waals surface area contributed by atoms with Gasteiger partial charge < -0.3 is 10.0 Å². The lowest BCUT2D eigenvalue weighted by atomic mass is 10.1. The first-order valence-electron chi connectivity index (χ1n) is 5.53. The molecule has 100 valence electrons. The highest BCUT2D eigenvalue weighted by Crippen LogP contribution is 2.24. The number of halogens is 1. The van der Waals surface area contributed by atoms with E-state index in [4.69, 9.17) is 0 Å². The summed E-state index contributed by atoms with van der Waals surface area (Å²) >= 11 is 3.20. The molecule has 1 aliphatic rings. The Morgan fingerprint density at radius 1 is 1.47 bits per heavy atom. The minimum Gasteiger partial charge on any atom is -0.507 e. The number of phenols is 1. The zero-order chi connectivity index (χ0) is 14.2. The molecule has 1 fully saturated rings. The van der Waals surface area contributed by atoms with Gasteiger partial charge >= 0.3 is 0 Å². The molecule has 1 atom stereocenters. The molecule has 0 bridgehead atoms. The van der Waals surface area contributed by atoms with E-state index in [2.05, 4.69) is 21.2 Å². The van der Waals surface area contributed by atoms with Crippen molar-refractivity contribution in [1.82, 2.24) is 10.2 Å². The van der Waals surface area contributed by atoms with E-state index < -0.39 is 23.8 Å². The molecule has 1 aromatic rings. The lowest BCUT2D eigenvalue weighted by Crippen LogP contribution is -2.58. The van der Waals surface area contributed by atoms with Crippen LogP contribution in [0, 0.1) is 0 Å². The Balaban J connectivity index is 2.35.